The van der Waals surface area contributed by atoms with Crippen molar-refractivity contribution in [3.8, 4) is 5.75 Å². The highest BCUT2D eigenvalue weighted by atomic mass is 19.4. The molecule has 1 amide bonds. The van der Waals surface area contributed by atoms with E-state index in [-0.39, 0.29) is 11.4 Å². The summed E-state index contributed by atoms with van der Waals surface area (Å²) in [6, 6.07) is 5.05. The number of carbonyl (C=O) groups excluding carboxylic acids is 1. The van der Waals surface area contributed by atoms with E-state index < -0.39 is 30.1 Å². The molecule has 0 aliphatic rings. The molecule has 0 unspecified atom stereocenters. The van der Waals surface area contributed by atoms with Crippen LogP contribution in [0.5, 0.6) is 5.75 Å². The van der Waals surface area contributed by atoms with E-state index in [1.807, 2.05) is 0 Å². The van der Waals surface area contributed by atoms with Gasteiger partial charge in [-0.15, -0.1) is 0 Å². The minimum Gasteiger partial charge on any atom is -0.430 e. The van der Waals surface area contributed by atoms with Crippen molar-refractivity contribution in [3.63, 3.8) is 0 Å². The summed E-state index contributed by atoms with van der Waals surface area (Å²) in [7, 11) is 0. The average molecular weight is 368 g/mol. The van der Waals surface area contributed by atoms with Gasteiger partial charge in [0.1, 0.15) is 11.5 Å². The van der Waals surface area contributed by atoms with Crippen LogP contribution in [0.25, 0.3) is 0 Å². The summed E-state index contributed by atoms with van der Waals surface area (Å²) >= 11 is 0. The van der Waals surface area contributed by atoms with Gasteiger partial charge in [0.2, 0.25) is 0 Å². The number of aryl methyl sites for hydroxylation is 1. The number of anilines is 1. The number of benzene rings is 1. The number of amides is 1. The van der Waals surface area contributed by atoms with Crippen molar-refractivity contribution in [1.82, 2.24) is 5.16 Å². The van der Waals surface area contributed by atoms with Gasteiger partial charge in [0, 0.05) is 11.6 Å². The minimum atomic E-state index is -5.78. The molecule has 2 rings (SSSR count). The predicted octanol–water partition coefficient (Wildman–Crippen LogP) is 4.11. The monoisotopic (exact) mass is 368 g/mol. The van der Waals surface area contributed by atoms with Gasteiger partial charge in [-0.1, -0.05) is 5.16 Å². The molecule has 1 aromatic carbocycles. The Morgan fingerprint density at radius 1 is 1.20 bits per heavy atom. The van der Waals surface area contributed by atoms with E-state index in [4.69, 9.17) is 4.52 Å². The molecule has 0 saturated carbocycles. The van der Waals surface area contributed by atoms with Crippen LogP contribution in [-0.4, -0.2) is 29.5 Å². The largest absolute Gasteiger partial charge is 0.439 e. The molecule has 136 valence electrons. The maximum absolute atomic E-state index is 13.1. The van der Waals surface area contributed by atoms with Gasteiger partial charge >= 0.3 is 12.3 Å². The molecule has 11 heteroatoms. The lowest BCUT2D eigenvalue weighted by Crippen LogP contribution is -2.45. The number of hydrogen-bond donors (Lipinski definition) is 1. The number of rotatable bonds is 5. The number of nitrogens with zero attached hydrogens (tertiary/aromatic N) is 1. The van der Waals surface area contributed by atoms with Crippen LogP contribution >= 0.6 is 0 Å². The van der Waals surface area contributed by atoms with E-state index in [1.165, 1.54) is 6.07 Å². The second-order valence-electron chi connectivity index (χ2n) is 4.87. The van der Waals surface area contributed by atoms with Crippen molar-refractivity contribution in [2.24, 2.45) is 0 Å². The smallest absolute Gasteiger partial charge is 0.430 e. The molecule has 1 N–H and O–H groups in total. The molecule has 0 bridgehead atoms. The van der Waals surface area contributed by atoms with Gasteiger partial charge < -0.3 is 14.6 Å². The lowest BCUT2D eigenvalue weighted by atomic mass is 10.2. The quantitative estimate of drug-likeness (QED) is 0.807. The Bertz CT molecular complexity index is 742. The number of ether oxygens (including phenoxy) is 1. The summed E-state index contributed by atoms with van der Waals surface area (Å²) in [6.45, 7) is 1.59. The zero-order chi connectivity index (χ0) is 18.8. The second-order valence-corrected chi connectivity index (χ2v) is 4.87. The van der Waals surface area contributed by atoms with E-state index in [2.05, 4.69) is 15.2 Å². The Hall–Kier alpha value is -2.72. The number of alkyl halides is 6. The first-order chi connectivity index (χ1) is 11.5. The first-order valence-electron chi connectivity index (χ1n) is 6.61. The van der Waals surface area contributed by atoms with Crippen LogP contribution in [0.2, 0.25) is 0 Å². The summed E-state index contributed by atoms with van der Waals surface area (Å²) in [5.74, 6) is -0.873. The van der Waals surface area contributed by atoms with E-state index in [0.717, 1.165) is 24.3 Å². The molecule has 0 aliphatic carbocycles. The highest BCUT2D eigenvalue weighted by Crippen LogP contribution is 2.36. The highest BCUT2D eigenvalue weighted by molar-refractivity contribution is 6.03. The van der Waals surface area contributed by atoms with Crippen LogP contribution < -0.4 is 10.1 Å². The van der Waals surface area contributed by atoms with Crippen LogP contribution in [0.4, 0.5) is 32.2 Å². The number of hydrogen-bond acceptors (Lipinski definition) is 4. The first kappa shape index (κ1) is 18.6. The third kappa shape index (κ3) is 4.64. The van der Waals surface area contributed by atoms with Crippen LogP contribution in [-0.2, 0) is 0 Å². The van der Waals surface area contributed by atoms with Gasteiger partial charge in [-0.3, -0.25) is 4.79 Å². The van der Waals surface area contributed by atoms with Crippen molar-refractivity contribution in [2.75, 3.05) is 5.32 Å². The highest BCUT2D eigenvalue weighted by Gasteiger charge is 2.59. The summed E-state index contributed by atoms with van der Waals surface area (Å²) in [6.07, 6.45) is -15.4. The summed E-state index contributed by atoms with van der Waals surface area (Å²) in [5.41, 5.74) is -0.0241. The topological polar surface area (TPSA) is 64.4 Å². The third-order valence-corrected chi connectivity index (χ3v) is 2.82. The summed E-state index contributed by atoms with van der Waals surface area (Å²) in [5, 5.41) is 5.85. The standard InChI is InChI=1S/C14H10F6N2O3/c1-7-6-10(22-25-7)21-11(23)8-2-4-9(5-3-8)24-14(19,20)12(15)13(16,17)18/h2-6,12H,1H3,(H,21,22,23)/t12-/m1/s1. The van der Waals surface area contributed by atoms with Crippen LogP contribution in [0, 0.1) is 6.92 Å². The molecule has 0 aliphatic heterocycles. The van der Waals surface area contributed by atoms with E-state index in [1.54, 1.807) is 6.92 Å². The number of nitrogens with one attached hydrogen (secondary N) is 1. The average Bonchev–Trinajstić information content (AvgIpc) is 2.91. The molecule has 0 fully saturated rings. The lowest BCUT2D eigenvalue weighted by Gasteiger charge is -2.23. The maximum Gasteiger partial charge on any atom is 0.439 e. The zero-order valence-electron chi connectivity index (χ0n) is 12.4. The van der Waals surface area contributed by atoms with Crippen molar-refractivity contribution >= 4 is 11.7 Å². The second kappa shape index (κ2) is 6.65. The fourth-order valence-electron chi connectivity index (χ4n) is 1.69. The minimum absolute atomic E-state index is 0.0241. The van der Waals surface area contributed by atoms with Gasteiger partial charge in [0.05, 0.1) is 0 Å². The lowest BCUT2D eigenvalue weighted by molar-refractivity contribution is -0.304. The van der Waals surface area contributed by atoms with Crippen molar-refractivity contribution in [3.05, 3.63) is 41.7 Å². The maximum atomic E-state index is 13.1. The van der Waals surface area contributed by atoms with E-state index >= 15 is 0 Å². The van der Waals surface area contributed by atoms with Gasteiger partial charge in [-0.2, -0.15) is 22.0 Å². The molecule has 0 saturated heterocycles. The molecule has 0 spiro atoms. The Morgan fingerprint density at radius 3 is 2.28 bits per heavy atom. The SMILES string of the molecule is Cc1cc(NC(=O)c2ccc(OC(F)(F)[C@H](F)C(F)(F)F)cc2)no1. The van der Waals surface area contributed by atoms with E-state index in [0.29, 0.717) is 5.76 Å². The first-order valence-corrected chi connectivity index (χ1v) is 6.61. The van der Waals surface area contributed by atoms with Crippen molar-refractivity contribution in [1.29, 1.82) is 0 Å². The molecule has 1 heterocycles. The van der Waals surface area contributed by atoms with Gasteiger partial charge in [-0.25, -0.2) is 4.39 Å². The summed E-state index contributed by atoms with van der Waals surface area (Å²) in [4.78, 5) is 11.9. The van der Waals surface area contributed by atoms with Crippen LogP contribution in [0.1, 0.15) is 16.1 Å². The number of carbonyl (C=O) groups is 1. The zero-order valence-corrected chi connectivity index (χ0v) is 12.4. The van der Waals surface area contributed by atoms with Crippen molar-refractivity contribution < 1.29 is 40.4 Å². The van der Waals surface area contributed by atoms with Gasteiger partial charge in [0.15, 0.2) is 5.82 Å². The van der Waals surface area contributed by atoms with E-state index in [9.17, 15) is 31.1 Å². The third-order valence-electron chi connectivity index (χ3n) is 2.82. The van der Waals surface area contributed by atoms with Crippen LogP contribution in [0.3, 0.4) is 0 Å². The normalized spacial score (nSPS) is 13.4. The molecule has 0 radical (unpaired) electrons. The fourth-order valence-corrected chi connectivity index (χ4v) is 1.69. The Kier molecular flexibility index (Phi) is 4.95. The van der Waals surface area contributed by atoms with Crippen LogP contribution in [0.15, 0.2) is 34.9 Å². The molecular weight excluding hydrogens is 358 g/mol. The number of aromatic nitrogens is 1. The fraction of sp³-hybridized carbons (Fsp3) is 0.286. The summed E-state index contributed by atoms with van der Waals surface area (Å²) < 4.78 is 83.6. The molecular formula is C14H10F6N2O3. The Balaban J connectivity index is 2.05. The Morgan fingerprint density at radius 2 is 1.80 bits per heavy atom. The van der Waals surface area contributed by atoms with Gasteiger partial charge in [-0.05, 0) is 31.2 Å². The van der Waals surface area contributed by atoms with Gasteiger partial charge in [0.25, 0.3) is 12.1 Å². The molecule has 5 nitrogen and oxygen atoms in total. The molecule has 1 atom stereocenters. The Labute approximate surface area is 136 Å². The molecule has 1 aromatic heterocycles. The predicted molar refractivity (Wildman–Crippen MR) is 72.2 cm³/mol. The molecule has 2 aromatic rings. The van der Waals surface area contributed by atoms with Crippen molar-refractivity contribution in [2.45, 2.75) is 25.4 Å². The molecule has 25 heavy (non-hydrogen) atoms. The number of halogens is 6.